The average molecular weight is 222 g/mol. The third-order valence-electron chi connectivity index (χ3n) is 1.60. The monoisotopic (exact) mass is 222 g/mol. The molecule has 0 aromatic carbocycles. The number of H-pyrrole nitrogens is 1. The van der Waals surface area contributed by atoms with Gasteiger partial charge in [-0.1, -0.05) is 6.58 Å². The highest BCUT2D eigenvalue weighted by Crippen LogP contribution is 2.03. The number of nitrogens with one attached hydrogen (secondary N) is 2. The van der Waals surface area contributed by atoms with Crippen molar-refractivity contribution in [1.29, 1.82) is 0 Å². The molecule has 0 aliphatic carbocycles. The number of anilines is 1. The zero-order valence-electron chi connectivity index (χ0n) is 8.57. The number of hydrogen-bond donors (Lipinski definition) is 3. The molecule has 1 aromatic rings. The summed E-state index contributed by atoms with van der Waals surface area (Å²) in [5.74, 6) is 1.46. The summed E-state index contributed by atoms with van der Waals surface area (Å²) in [7, 11) is 0. The van der Waals surface area contributed by atoms with Crippen molar-refractivity contribution in [2.24, 2.45) is 4.99 Å². The number of allylic oxidation sites excluding steroid dienone is 1. The molecular weight excluding hydrogens is 208 g/mol. The Bertz CT molecular complexity index is 365. The summed E-state index contributed by atoms with van der Waals surface area (Å²) in [4.78, 5) is 4.14. The second-order valence-corrected chi connectivity index (χ2v) is 3.28. The minimum atomic E-state index is 0.658. The minimum absolute atomic E-state index is 0.658. The van der Waals surface area contributed by atoms with Crippen molar-refractivity contribution in [1.82, 2.24) is 10.2 Å². The zero-order valence-corrected chi connectivity index (χ0v) is 9.46. The predicted molar refractivity (Wildman–Crippen MR) is 67.5 cm³/mol. The molecule has 0 saturated heterocycles. The van der Waals surface area contributed by atoms with Crippen molar-refractivity contribution >= 4 is 24.2 Å². The Morgan fingerprint density at radius 2 is 2.60 bits per heavy atom. The second kappa shape index (κ2) is 6.08. The quantitative estimate of drug-likeness (QED) is 0.406. The van der Waals surface area contributed by atoms with Gasteiger partial charge in [-0.3, -0.25) is 10.1 Å². The first-order valence-corrected chi connectivity index (χ1v) is 5.11. The van der Waals surface area contributed by atoms with Gasteiger partial charge in [0.15, 0.2) is 0 Å². The van der Waals surface area contributed by atoms with Gasteiger partial charge in [0.25, 0.3) is 0 Å². The van der Waals surface area contributed by atoms with Gasteiger partial charge in [0.05, 0.1) is 6.20 Å². The summed E-state index contributed by atoms with van der Waals surface area (Å²) in [6.45, 7) is 5.74. The lowest BCUT2D eigenvalue weighted by Crippen LogP contribution is -1.95. The molecule has 5 heteroatoms. The largest absolute Gasteiger partial charge is 0.341 e. The Labute approximate surface area is 94.6 Å². The van der Waals surface area contributed by atoms with Crippen LogP contribution in [0.25, 0.3) is 0 Å². The normalized spacial score (nSPS) is 12.0. The van der Waals surface area contributed by atoms with Crippen LogP contribution >= 0.6 is 12.6 Å². The molecule has 0 amide bonds. The summed E-state index contributed by atoms with van der Waals surface area (Å²) in [5.41, 5.74) is 1.71. The fourth-order valence-corrected chi connectivity index (χ4v) is 0.917. The van der Waals surface area contributed by atoms with Gasteiger partial charge in [-0.2, -0.15) is 17.7 Å². The summed E-state index contributed by atoms with van der Waals surface area (Å²) < 4.78 is 0. The summed E-state index contributed by atoms with van der Waals surface area (Å²) in [6, 6.07) is 1.82. The maximum Gasteiger partial charge on any atom is 0.125 e. The predicted octanol–water partition coefficient (Wildman–Crippen LogP) is 2.24. The van der Waals surface area contributed by atoms with Crippen molar-refractivity contribution in [2.45, 2.75) is 6.92 Å². The van der Waals surface area contributed by atoms with E-state index in [9.17, 15) is 0 Å². The molecule has 0 spiro atoms. The average Bonchev–Trinajstić information content (AvgIpc) is 2.70. The van der Waals surface area contributed by atoms with E-state index in [0.717, 1.165) is 17.2 Å². The van der Waals surface area contributed by atoms with Gasteiger partial charge in [0, 0.05) is 29.4 Å². The van der Waals surface area contributed by atoms with Crippen LogP contribution in [0.15, 0.2) is 41.8 Å². The number of nitrogens with zero attached hydrogens (tertiary/aromatic N) is 2. The molecule has 0 saturated carbocycles. The number of thiol groups is 1. The Hall–Kier alpha value is -1.49. The van der Waals surface area contributed by atoms with Crippen LogP contribution in [0.4, 0.5) is 5.82 Å². The molecular formula is C10H14N4S. The van der Waals surface area contributed by atoms with Crippen molar-refractivity contribution in [3.8, 4) is 0 Å². The summed E-state index contributed by atoms with van der Waals surface area (Å²) in [6.07, 6.45) is 5.15. The van der Waals surface area contributed by atoms with Gasteiger partial charge >= 0.3 is 0 Å². The molecule has 0 fully saturated rings. The van der Waals surface area contributed by atoms with Crippen LogP contribution in [0.2, 0.25) is 0 Å². The van der Waals surface area contributed by atoms with Crippen LogP contribution in [0.3, 0.4) is 0 Å². The SMILES string of the molecule is C=C(/C=C\N=C(C)CS)Nc1ccn[nH]1. The van der Waals surface area contributed by atoms with E-state index in [4.69, 9.17) is 0 Å². The molecule has 1 aromatic heterocycles. The standard InChI is InChI=1S/C10H14N4S/c1-8(3-5-11-9(2)7-15)13-10-4-6-12-14-10/h3-6,15H,1,7H2,2H3,(H2,12,13,14)/b5-3-,11-9?. The molecule has 2 N–H and O–H groups in total. The van der Waals surface area contributed by atoms with E-state index in [1.165, 1.54) is 0 Å². The van der Waals surface area contributed by atoms with Crippen LogP contribution in [0, 0.1) is 0 Å². The third-order valence-corrected chi connectivity index (χ3v) is 2.05. The first kappa shape index (κ1) is 11.6. The smallest absolute Gasteiger partial charge is 0.125 e. The number of aliphatic imine (C=N–C) groups is 1. The molecule has 15 heavy (non-hydrogen) atoms. The van der Waals surface area contributed by atoms with Gasteiger partial charge in [-0.25, -0.2) is 0 Å². The third kappa shape index (κ3) is 4.51. The Morgan fingerprint density at radius 3 is 3.20 bits per heavy atom. The van der Waals surface area contributed by atoms with Gasteiger partial charge in [-0.05, 0) is 13.0 Å². The fraction of sp³-hybridized carbons (Fsp3) is 0.200. The minimum Gasteiger partial charge on any atom is -0.341 e. The van der Waals surface area contributed by atoms with Crippen molar-refractivity contribution in [3.63, 3.8) is 0 Å². The molecule has 1 rings (SSSR count). The molecule has 0 unspecified atom stereocenters. The first-order chi connectivity index (χ1) is 7.22. The highest BCUT2D eigenvalue weighted by atomic mass is 32.1. The number of aromatic amines is 1. The molecule has 0 atom stereocenters. The van der Waals surface area contributed by atoms with Crippen LogP contribution in [-0.4, -0.2) is 21.7 Å². The van der Waals surface area contributed by atoms with E-state index < -0.39 is 0 Å². The first-order valence-electron chi connectivity index (χ1n) is 4.48. The molecule has 0 bridgehead atoms. The van der Waals surface area contributed by atoms with Gasteiger partial charge in [0.1, 0.15) is 5.82 Å². The molecule has 0 aliphatic heterocycles. The maximum absolute atomic E-state index is 4.14. The fourth-order valence-electron chi connectivity index (χ4n) is 0.835. The molecule has 1 heterocycles. The summed E-state index contributed by atoms with van der Waals surface area (Å²) in [5, 5.41) is 9.61. The summed E-state index contributed by atoms with van der Waals surface area (Å²) >= 11 is 4.10. The maximum atomic E-state index is 4.14. The number of aromatic nitrogens is 2. The second-order valence-electron chi connectivity index (χ2n) is 2.96. The van der Waals surface area contributed by atoms with Crippen molar-refractivity contribution in [3.05, 3.63) is 36.8 Å². The van der Waals surface area contributed by atoms with Gasteiger partial charge < -0.3 is 5.32 Å². The van der Waals surface area contributed by atoms with Crippen molar-refractivity contribution < 1.29 is 0 Å². The van der Waals surface area contributed by atoms with Crippen LogP contribution in [0.5, 0.6) is 0 Å². The molecule has 0 radical (unpaired) electrons. The van der Waals surface area contributed by atoms with Crippen LogP contribution in [0.1, 0.15) is 6.92 Å². The lowest BCUT2D eigenvalue weighted by Gasteiger charge is -2.00. The van der Waals surface area contributed by atoms with Gasteiger partial charge in [0.2, 0.25) is 0 Å². The topological polar surface area (TPSA) is 53.1 Å². The van der Waals surface area contributed by atoms with E-state index in [1.54, 1.807) is 18.5 Å². The molecule has 0 aliphatic rings. The lowest BCUT2D eigenvalue weighted by molar-refractivity contribution is 1.09. The Kier molecular flexibility index (Phi) is 4.70. The zero-order chi connectivity index (χ0) is 11.1. The van der Waals surface area contributed by atoms with Crippen LogP contribution in [-0.2, 0) is 0 Å². The number of hydrogen-bond acceptors (Lipinski definition) is 4. The van der Waals surface area contributed by atoms with E-state index in [-0.39, 0.29) is 0 Å². The number of rotatable bonds is 5. The highest BCUT2D eigenvalue weighted by Gasteiger charge is 1.91. The van der Waals surface area contributed by atoms with Gasteiger partial charge in [-0.15, -0.1) is 0 Å². The molecule has 4 nitrogen and oxygen atoms in total. The van der Waals surface area contributed by atoms with E-state index >= 15 is 0 Å². The highest BCUT2D eigenvalue weighted by molar-refractivity contribution is 7.81. The Morgan fingerprint density at radius 1 is 1.80 bits per heavy atom. The lowest BCUT2D eigenvalue weighted by atomic mass is 10.4. The van der Waals surface area contributed by atoms with E-state index in [0.29, 0.717) is 5.75 Å². The Balaban J connectivity index is 2.43. The van der Waals surface area contributed by atoms with Crippen molar-refractivity contribution in [2.75, 3.05) is 11.1 Å². The van der Waals surface area contributed by atoms with Crippen LogP contribution < -0.4 is 5.32 Å². The van der Waals surface area contributed by atoms with E-state index in [1.807, 2.05) is 13.0 Å². The molecule has 80 valence electrons. The van der Waals surface area contributed by atoms with E-state index in [2.05, 4.69) is 39.7 Å².